The van der Waals surface area contributed by atoms with E-state index < -0.39 is 0 Å². The third-order valence-corrected chi connectivity index (χ3v) is 7.58. The van der Waals surface area contributed by atoms with Crippen molar-refractivity contribution in [1.29, 1.82) is 0 Å². The Balaban J connectivity index is 1.28. The van der Waals surface area contributed by atoms with E-state index in [1.807, 2.05) is 11.0 Å². The fourth-order valence-electron chi connectivity index (χ4n) is 4.52. The molecule has 0 bridgehead atoms. The van der Waals surface area contributed by atoms with Gasteiger partial charge in [-0.25, -0.2) is 9.37 Å². The normalized spacial score (nSPS) is 22.3. The van der Waals surface area contributed by atoms with Crippen molar-refractivity contribution in [2.75, 3.05) is 26.2 Å². The summed E-state index contributed by atoms with van der Waals surface area (Å²) in [6.07, 6.45) is 5.18. The zero-order valence-electron chi connectivity index (χ0n) is 16.0. The second-order valence-corrected chi connectivity index (χ2v) is 9.44. The highest BCUT2D eigenvalue weighted by Gasteiger charge is 2.35. The Morgan fingerprint density at radius 2 is 2.03 bits per heavy atom. The summed E-state index contributed by atoms with van der Waals surface area (Å²) in [6, 6.07) is 5.33. The van der Waals surface area contributed by atoms with Crippen LogP contribution in [-0.2, 0) is 0 Å². The maximum absolute atomic E-state index is 13.5. The minimum absolute atomic E-state index is 0.0762. The predicted molar refractivity (Wildman–Crippen MR) is 117 cm³/mol. The van der Waals surface area contributed by atoms with Crippen molar-refractivity contribution in [3.63, 3.8) is 0 Å². The number of aromatic nitrogens is 2. The van der Waals surface area contributed by atoms with Crippen LogP contribution in [0.25, 0.3) is 10.2 Å². The van der Waals surface area contributed by atoms with Crippen LogP contribution in [-0.4, -0.2) is 57.3 Å². The third kappa shape index (κ3) is 3.58. The molecular formula is C21H19Cl2FN4OS. The molecule has 30 heavy (non-hydrogen) atoms. The van der Waals surface area contributed by atoms with Gasteiger partial charge in [0.25, 0.3) is 5.91 Å². The molecule has 2 unspecified atom stereocenters. The average Bonchev–Trinajstić information content (AvgIpc) is 3.24. The van der Waals surface area contributed by atoms with Gasteiger partial charge in [-0.05, 0) is 48.0 Å². The molecule has 5 rings (SSSR count). The molecule has 0 spiro atoms. The molecule has 0 saturated carbocycles. The summed E-state index contributed by atoms with van der Waals surface area (Å²) in [5, 5.41) is 1.33. The van der Waals surface area contributed by atoms with Crippen LogP contribution < -0.4 is 0 Å². The first kappa shape index (κ1) is 20.1. The molecule has 1 amide bonds. The highest BCUT2D eigenvalue weighted by Crippen LogP contribution is 2.34. The number of hydrogen-bond donors (Lipinski definition) is 0. The van der Waals surface area contributed by atoms with Gasteiger partial charge in [0.15, 0.2) is 0 Å². The number of carbonyl (C=O) groups excluding carboxylic acids is 1. The van der Waals surface area contributed by atoms with Gasteiger partial charge in [0.1, 0.15) is 10.6 Å². The number of rotatable bonds is 2. The largest absolute Gasteiger partial charge is 0.336 e. The molecule has 2 aliphatic rings. The highest BCUT2D eigenvalue weighted by atomic mass is 35.5. The molecule has 1 aromatic carbocycles. The lowest BCUT2D eigenvalue weighted by Gasteiger charge is -2.46. The monoisotopic (exact) mass is 464 g/mol. The standard InChI is InChI=1S/C21H19Cl2FN4OS/c22-17-7-12(2-4-18(17)24)13-1-3-14-11-28(6-5-27(14)10-13)21(29)16-8-25-20-15(19(16)23)9-26-30-20/h2,4,7-9,13-14H,1,3,5-6,10-11H2. The molecule has 9 heteroatoms. The number of nitrogens with zero attached hydrogens (tertiary/aromatic N) is 4. The van der Waals surface area contributed by atoms with E-state index in [4.69, 9.17) is 23.2 Å². The van der Waals surface area contributed by atoms with E-state index in [9.17, 15) is 9.18 Å². The number of carbonyl (C=O) groups is 1. The van der Waals surface area contributed by atoms with Crippen LogP contribution in [0.2, 0.25) is 10.0 Å². The van der Waals surface area contributed by atoms with Gasteiger partial charge < -0.3 is 4.90 Å². The van der Waals surface area contributed by atoms with E-state index in [2.05, 4.69) is 14.3 Å². The van der Waals surface area contributed by atoms with Crippen molar-refractivity contribution in [3.05, 3.63) is 57.6 Å². The van der Waals surface area contributed by atoms with Gasteiger partial charge in [-0.15, -0.1) is 0 Å². The lowest BCUT2D eigenvalue weighted by molar-refractivity contribution is 0.0329. The first-order valence-corrected chi connectivity index (χ1v) is 11.4. The Labute approximate surface area is 187 Å². The smallest absolute Gasteiger partial charge is 0.257 e. The zero-order valence-corrected chi connectivity index (χ0v) is 18.4. The lowest BCUT2D eigenvalue weighted by atomic mass is 9.86. The number of piperidine rings is 1. The SMILES string of the molecule is O=C(c1cnc2sncc2c1Cl)N1CCN2CC(c3ccc(F)c(Cl)c3)CCC2C1. The molecule has 2 atom stereocenters. The van der Waals surface area contributed by atoms with Crippen LogP contribution >= 0.6 is 34.7 Å². The first-order chi connectivity index (χ1) is 14.5. The summed E-state index contributed by atoms with van der Waals surface area (Å²) >= 11 is 13.7. The molecule has 2 saturated heterocycles. The minimum atomic E-state index is -0.384. The second-order valence-electron chi connectivity index (χ2n) is 7.88. The summed E-state index contributed by atoms with van der Waals surface area (Å²) in [5.74, 6) is -0.132. The van der Waals surface area contributed by atoms with E-state index in [1.54, 1.807) is 18.5 Å². The van der Waals surface area contributed by atoms with Gasteiger partial charge in [0.2, 0.25) is 0 Å². The number of fused-ring (bicyclic) bond motifs is 2. The van der Waals surface area contributed by atoms with Crippen LogP contribution in [0.5, 0.6) is 0 Å². The predicted octanol–water partition coefficient (Wildman–Crippen LogP) is 4.84. The zero-order chi connectivity index (χ0) is 20.8. The molecule has 0 N–H and O–H groups in total. The molecule has 156 valence electrons. The Morgan fingerprint density at radius 1 is 1.17 bits per heavy atom. The molecule has 0 radical (unpaired) electrons. The van der Waals surface area contributed by atoms with Gasteiger partial charge >= 0.3 is 0 Å². The van der Waals surface area contributed by atoms with Crippen molar-refractivity contribution >= 4 is 50.9 Å². The molecule has 2 aliphatic heterocycles. The topological polar surface area (TPSA) is 49.3 Å². The van der Waals surface area contributed by atoms with E-state index in [-0.39, 0.29) is 16.7 Å². The maximum atomic E-state index is 13.5. The Kier molecular flexibility index (Phi) is 5.39. The van der Waals surface area contributed by atoms with Crippen LogP contribution in [0.4, 0.5) is 4.39 Å². The third-order valence-electron chi connectivity index (χ3n) is 6.18. The van der Waals surface area contributed by atoms with Crippen LogP contribution in [0.1, 0.15) is 34.7 Å². The van der Waals surface area contributed by atoms with Gasteiger partial charge in [0, 0.05) is 38.4 Å². The average molecular weight is 465 g/mol. The van der Waals surface area contributed by atoms with Crippen molar-refractivity contribution < 1.29 is 9.18 Å². The molecule has 2 fully saturated rings. The van der Waals surface area contributed by atoms with Crippen molar-refractivity contribution in [2.24, 2.45) is 0 Å². The summed E-state index contributed by atoms with van der Waals surface area (Å²) in [7, 11) is 0. The van der Waals surface area contributed by atoms with E-state index in [1.165, 1.54) is 17.6 Å². The molecule has 5 nitrogen and oxygen atoms in total. The van der Waals surface area contributed by atoms with Crippen molar-refractivity contribution in [3.8, 4) is 0 Å². The summed E-state index contributed by atoms with van der Waals surface area (Å²) in [6.45, 7) is 3.01. The molecule has 4 heterocycles. The van der Waals surface area contributed by atoms with E-state index >= 15 is 0 Å². The number of benzene rings is 1. The minimum Gasteiger partial charge on any atom is -0.336 e. The van der Waals surface area contributed by atoms with Gasteiger partial charge in [-0.2, -0.15) is 4.37 Å². The second kappa shape index (κ2) is 8.04. The molecular weight excluding hydrogens is 446 g/mol. The Hall–Kier alpha value is -1.80. The maximum Gasteiger partial charge on any atom is 0.257 e. The van der Waals surface area contributed by atoms with Crippen LogP contribution in [0, 0.1) is 5.82 Å². The van der Waals surface area contributed by atoms with Gasteiger partial charge in [-0.1, -0.05) is 29.3 Å². The summed E-state index contributed by atoms with van der Waals surface area (Å²) < 4.78 is 17.6. The van der Waals surface area contributed by atoms with E-state index in [0.29, 0.717) is 35.6 Å². The highest BCUT2D eigenvalue weighted by molar-refractivity contribution is 7.12. The number of hydrogen-bond acceptors (Lipinski definition) is 5. The lowest BCUT2D eigenvalue weighted by Crippen LogP contribution is -2.57. The number of pyridine rings is 1. The first-order valence-electron chi connectivity index (χ1n) is 9.88. The number of amides is 1. The van der Waals surface area contributed by atoms with Gasteiger partial charge in [0.05, 0.1) is 27.2 Å². The number of halogens is 3. The van der Waals surface area contributed by atoms with Crippen LogP contribution in [0.3, 0.4) is 0 Å². The quantitative estimate of drug-likeness (QED) is 0.544. The molecule has 0 aliphatic carbocycles. The summed E-state index contributed by atoms with van der Waals surface area (Å²) in [4.78, 5) is 22.5. The Morgan fingerprint density at radius 3 is 2.87 bits per heavy atom. The number of piperazine rings is 1. The van der Waals surface area contributed by atoms with E-state index in [0.717, 1.165) is 41.7 Å². The van der Waals surface area contributed by atoms with Gasteiger partial charge in [-0.3, -0.25) is 9.69 Å². The fourth-order valence-corrected chi connectivity index (χ4v) is 5.64. The van der Waals surface area contributed by atoms with Crippen molar-refractivity contribution in [2.45, 2.75) is 24.8 Å². The van der Waals surface area contributed by atoms with Crippen LogP contribution in [0.15, 0.2) is 30.6 Å². The summed E-state index contributed by atoms with van der Waals surface area (Å²) in [5.41, 5.74) is 1.52. The van der Waals surface area contributed by atoms with Crippen molar-refractivity contribution in [1.82, 2.24) is 19.2 Å². The molecule has 2 aromatic heterocycles. The fraction of sp³-hybridized carbons (Fsp3) is 0.381. The molecule has 3 aromatic rings. The Bertz CT molecular complexity index is 1120.